The number of hydrogen-bond acceptors (Lipinski definition) is 3. The molecular weight excluding hydrogens is 278 g/mol. The summed E-state index contributed by atoms with van der Waals surface area (Å²) in [5.74, 6) is 1.21. The van der Waals surface area contributed by atoms with E-state index in [0.717, 1.165) is 13.1 Å². The lowest BCUT2D eigenvalue weighted by molar-refractivity contribution is -0.127. The van der Waals surface area contributed by atoms with Crippen molar-refractivity contribution in [2.45, 2.75) is 32.9 Å². The molecule has 2 N–H and O–H groups in total. The van der Waals surface area contributed by atoms with Gasteiger partial charge in [-0.15, -0.1) is 6.58 Å². The molecule has 0 aromatic heterocycles. The Morgan fingerprint density at radius 3 is 2.64 bits per heavy atom. The van der Waals surface area contributed by atoms with E-state index >= 15 is 0 Å². The molecule has 2 atom stereocenters. The highest BCUT2D eigenvalue weighted by Gasteiger charge is 2.31. The lowest BCUT2D eigenvalue weighted by Gasteiger charge is -2.22. The summed E-state index contributed by atoms with van der Waals surface area (Å²) in [6.45, 7) is 13.2. The van der Waals surface area contributed by atoms with Crippen LogP contribution in [0.25, 0.3) is 0 Å². The predicted molar refractivity (Wildman–Crippen MR) is 92.0 cm³/mol. The lowest BCUT2D eigenvalue weighted by Crippen LogP contribution is -2.47. The first-order valence-corrected chi connectivity index (χ1v) is 7.95. The highest BCUT2D eigenvalue weighted by Crippen LogP contribution is 2.18. The number of nitrogens with zero attached hydrogens (tertiary/aromatic N) is 3. The van der Waals surface area contributed by atoms with Crippen molar-refractivity contribution in [3.8, 4) is 0 Å². The Hall–Kier alpha value is -1.56. The van der Waals surface area contributed by atoms with E-state index in [1.54, 1.807) is 25.1 Å². The van der Waals surface area contributed by atoms with Crippen LogP contribution in [0, 0.1) is 5.92 Å². The summed E-state index contributed by atoms with van der Waals surface area (Å²) in [4.78, 5) is 20.1. The maximum Gasteiger partial charge on any atom is 0.243 e. The molecule has 1 fully saturated rings. The number of aliphatic imine (C=N–C) groups is 1. The van der Waals surface area contributed by atoms with Gasteiger partial charge in [0, 0.05) is 45.8 Å². The number of rotatable bonds is 6. The summed E-state index contributed by atoms with van der Waals surface area (Å²) in [6.07, 6.45) is 1.78. The Bertz CT molecular complexity index is 405. The van der Waals surface area contributed by atoms with Crippen LogP contribution in [-0.2, 0) is 4.79 Å². The third-order valence-electron chi connectivity index (χ3n) is 3.98. The summed E-state index contributed by atoms with van der Waals surface area (Å²) in [7, 11) is 3.48. The van der Waals surface area contributed by atoms with Gasteiger partial charge in [-0.25, -0.2) is 4.99 Å². The molecule has 0 aliphatic carbocycles. The minimum Gasteiger partial charge on any atom is -0.353 e. The molecule has 1 amide bonds. The fourth-order valence-electron chi connectivity index (χ4n) is 2.40. The van der Waals surface area contributed by atoms with Gasteiger partial charge in [-0.1, -0.05) is 13.0 Å². The molecule has 1 heterocycles. The van der Waals surface area contributed by atoms with E-state index in [0.29, 0.717) is 30.5 Å². The molecule has 6 heteroatoms. The first kappa shape index (κ1) is 18.5. The number of amides is 1. The van der Waals surface area contributed by atoms with E-state index in [-0.39, 0.29) is 12.5 Å². The first-order chi connectivity index (χ1) is 10.3. The number of hydrogen-bond donors (Lipinski definition) is 2. The van der Waals surface area contributed by atoms with Crippen LogP contribution in [0.5, 0.6) is 0 Å². The second-order valence-electron chi connectivity index (χ2n) is 6.40. The molecule has 1 saturated heterocycles. The van der Waals surface area contributed by atoms with E-state index in [4.69, 9.17) is 0 Å². The van der Waals surface area contributed by atoms with Gasteiger partial charge in [0.15, 0.2) is 5.96 Å². The number of carbonyl (C=O) groups is 1. The SMILES string of the molecule is C=CCNC(=NCC(=O)N(C)C)NC1CN(C(C)C)CC1C. The van der Waals surface area contributed by atoms with Crippen LogP contribution in [0.1, 0.15) is 20.8 Å². The Morgan fingerprint density at radius 1 is 1.45 bits per heavy atom. The van der Waals surface area contributed by atoms with Crippen molar-refractivity contribution < 1.29 is 4.79 Å². The van der Waals surface area contributed by atoms with Crippen molar-refractivity contribution in [2.75, 3.05) is 40.3 Å². The van der Waals surface area contributed by atoms with Crippen LogP contribution >= 0.6 is 0 Å². The average Bonchev–Trinajstić information content (AvgIpc) is 2.82. The Labute approximate surface area is 134 Å². The molecule has 1 rings (SSSR count). The van der Waals surface area contributed by atoms with E-state index in [1.807, 2.05) is 0 Å². The van der Waals surface area contributed by atoms with E-state index < -0.39 is 0 Å². The van der Waals surface area contributed by atoms with Gasteiger partial charge in [0.05, 0.1) is 0 Å². The van der Waals surface area contributed by atoms with E-state index in [1.165, 1.54) is 0 Å². The standard InChI is InChI=1S/C16H31N5O/c1-7-8-17-16(18-9-15(22)20(5)6)19-14-11-21(12(2)3)10-13(14)4/h7,12-14H,1,8-11H2,2-6H3,(H2,17,18,19). The minimum absolute atomic E-state index is 0.0111. The van der Waals surface area contributed by atoms with Gasteiger partial charge in [-0.3, -0.25) is 9.69 Å². The molecule has 6 nitrogen and oxygen atoms in total. The summed E-state index contributed by atoms with van der Waals surface area (Å²) in [6, 6.07) is 0.888. The number of likely N-dealkylation sites (N-methyl/N-ethyl adjacent to an activating group) is 1. The Balaban J connectivity index is 2.66. The molecule has 0 bridgehead atoms. The highest BCUT2D eigenvalue weighted by molar-refractivity contribution is 5.85. The smallest absolute Gasteiger partial charge is 0.243 e. The third kappa shape index (κ3) is 5.67. The van der Waals surface area contributed by atoms with Crippen molar-refractivity contribution in [2.24, 2.45) is 10.9 Å². The summed E-state index contributed by atoms with van der Waals surface area (Å²) in [5, 5.41) is 6.65. The zero-order chi connectivity index (χ0) is 16.7. The van der Waals surface area contributed by atoms with Crippen LogP contribution in [0.3, 0.4) is 0 Å². The van der Waals surface area contributed by atoms with Crippen LogP contribution in [0.2, 0.25) is 0 Å². The molecule has 1 aliphatic heterocycles. The fourth-order valence-corrected chi connectivity index (χ4v) is 2.40. The van der Waals surface area contributed by atoms with Gasteiger partial charge in [0.25, 0.3) is 0 Å². The van der Waals surface area contributed by atoms with Crippen molar-refractivity contribution in [1.29, 1.82) is 0 Å². The molecule has 0 radical (unpaired) electrons. The van der Waals surface area contributed by atoms with Crippen LogP contribution in [0.4, 0.5) is 0 Å². The average molecular weight is 309 g/mol. The minimum atomic E-state index is -0.0111. The molecule has 1 aliphatic rings. The summed E-state index contributed by atoms with van der Waals surface area (Å²) < 4.78 is 0. The normalized spacial score (nSPS) is 22.7. The second kappa shape index (κ2) is 8.78. The highest BCUT2D eigenvalue weighted by atomic mass is 16.2. The maximum atomic E-state index is 11.7. The van der Waals surface area contributed by atoms with E-state index in [9.17, 15) is 4.79 Å². The molecule has 0 saturated carbocycles. The predicted octanol–water partition coefficient (Wildman–Crippen LogP) is 0.525. The first-order valence-electron chi connectivity index (χ1n) is 7.95. The molecular formula is C16H31N5O. The van der Waals surface area contributed by atoms with Crippen molar-refractivity contribution in [1.82, 2.24) is 20.4 Å². The van der Waals surface area contributed by atoms with Gasteiger partial charge in [-0.05, 0) is 19.8 Å². The zero-order valence-electron chi connectivity index (χ0n) is 14.6. The molecule has 2 unspecified atom stereocenters. The monoisotopic (exact) mass is 309 g/mol. The second-order valence-corrected chi connectivity index (χ2v) is 6.40. The molecule has 0 aromatic rings. The van der Waals surface area contributed by atoms with Crippen LogP contribution in [-0.4, -0.2) is 74.0 Å². The molecule has 126 valence electrons. The number of carbonyl (C=O) groups excluding carboxylic acids is 1. The van der Waals surface area contributed by atoms with Gasteiger partial charge in [0.1, 0.15) is 6.54 Å². The number of likely N-dealkylation sites (tertiary alicyclic amines) is 1. The van der Waals surface area contributed by atoms with Gasteiger partial charge < -0.3 is 15.5 Å². The zero-order valence-corrected chi connectivity index (χ0v) is 14.6. The fraction of sp³-hybridized carbons (Fsp3) is 0.750. The topological polar surface area (TPSA) is 60.0 Å². The molecule has 0 aromatic carbocycles. The Kier molecular flexibility index (Phi) is 7.38. The van der Waals surface area contributed by atoms with Crippen LogP contribution in [0.15, 0.2) is 17.6 Å². The lowest BCUT2D eigenvalue weighted by atomic mass is 10.1. The van der Waals surface area contributed by atoms with E-state index in [2.05, 4.69) is 47.9 Å². The quantitative estimate of drug-likeness (QED) is 0.427. The van der Waals surface area contributed by atoms with Crippen molar-refractivity contribution in [3.05, 3.63) is 12.7 Å². The van der Waals surface area contributed by atoms with Crippen molar-refractivity contribution >= 4 is 11.9 Å². The summed E-state index contributed by atoms with van der Waals surface area (Å²) >= 11 is 0. The maximum absolute atomic E-state index is 11.7. The van der Waals surface area contributed by atoms with Gasteiger partial charge >= 0.3 is 0 Å². The molecule has 22 heavy (non-hydrogen) atoms. The third-order valence-corrected chi connectivity index (χ3v) is 3.98. The van der Waals surface area contributed by atoms with Gasteiger partial charge in [-0.2, -0.15) is 0 Å². The van der Waals surface area contributed by atoms with Crippen LogP contribution < -0.4 is 10.6 Å². The molecule has 0 spiro atoms. The number of guanidine groups is 1. The largest absolute Gasteiger partial charge is 0.353 e. The van der Waals surface area contributed by atoms with Crippen molar-refractivity contribution in [3.63, 3.8) is 0 Å². The Morgan fingerprint density at radius 2 is 2.14 bits per heavy atom. The van der Waals surface area contributed by atoms with Gasteiger partial charge in [0.2, 0.25) is 5.91 Å². The number of nitrogens with one attached hydrogen (secondary N) is 2. The summed E-state index contributed by atoms with van der Waals surface area (Å²) in [5.41, 5.74) is 0.